The maximum absolute atomic E-state index is 12.3. The van der Waals surface area contributed by atoms with E-state index < -0.39 is 11.0 Å². The smallest absolute Gasteiger partial charge is 0.238 e. The number of hydrogen-bond donors (Lipinski definition) is 2. The molecule has 17 heavy (non-hydrogen) atoms. The van der Waals surface area contributed by atoms with Crippen LogP contribution in [-0.2, 0) is 9.59 Å². The minimum atomic E-state index is -0.937. The molecule has 2 amide bonds. The highest BCUT2D eigenvalue weighted by molar-refractivity contribution is 6.05. The second kappa shape index (κ2) is 3.98. The zero-order valence-electron chi connectivity index (χ0n) is 10.5. The standard InChI is InChI=1S/C12H20N2O3/c1-3-12(17)7-14(8-12)10(16)11(2)5-4-6-13-9(11)15/h17H,3-8H2,1-2H3,(H,13,15). The van der Waals surface area contributed by atoms with Gasteiger partial charge in [0.25, 0.3) is 0 Å². The minimum Gasteiger partial charge on any atom is -0.386 e. The summed E-state index contributed by atoms with van der Waals surface area (Å²) in [6.45, 7) is 4.96. The van der Waals surface area contributed by atoms with Crippen LogP contribution in [0.1, 0.15) is 33.1 Å². The number of carbonyl (C=O) groups excluding carboxylic acids is 2. The summed E-state index contributed by atoms with van der Waals surface area (Å²) in [4.78, 5) is 25.7. The molecule has 2 saturated heterocycles. The molecule has 0 aromatic carbocycles. The van der Waals surface area contributed by atoms with Gasteiger partial charge in [0.15, 0.2) is 0 Å². The van der Waals surface area contributed by atoms with Gasteiger partial charge in [0.05, 0.1) is 18.7 Å². The van der Waals surface area contributed by atoms with Crippen LogP contribution in [0.2, 0.25) is 0 Å². The quantitative estimate of drug-likeness (QED) is 0.661. The number of β-amino-alcohol motifs (C(OH)–C–C–N with tert-alkyl or cyclic N) is 1. The summed E-state index contributed by atoms with van der Waals surface area (Å²) in [5.41, 5.74) is -1.68. The Morgan fingerprint density at radius 1 is 1.53 bits per heavy atom. The summed E-state index contributed by atoms with van der Waals surface area (Å²) in [6.07, 6.45) is 2.07. The summed E-state index contributed by atoms with van der Waals surface area (Å²) >= 11 is 0. The SMILES string of the molecule is CCC1(O)CN(C(=O)C2(C)CCCNC2=O)C1. The molecule has 2 fully saturated rings. The van der Waals surface area contributed by atoms with Crippen molar-refractivity contribution in [1.29, 1.82) is 0 Å². The van der Waals surface area contributed by atoms with E-state index >= 15 is 0 Å². The molecule has 96 valence electrons. The van der Waals surface area contributed by atoms with Crippen LogP contribution >= 0.6 is 0 Å². The number of amides is 2. The van der Waals surface area contributed by atoms with E-state index in [4.69, 9.17) is 0 Å². The highest BCUT2D eigenvalue weighted by atomic mass is 16.3. The highest BCUT2D eigenvalue weighted by Gasteiger charge is 2.51. The molecule has 0 bridgehead atoms. The van der Waals surface area contributed by atoms with Gasteiger partial charge in [-0.15, -0.1) is 0 Å². The van der Waals surface area contributed by atoms with E-state index in [1.54, 1.807) is 11.8 Å². The molecule has 5 nitrogen and oxygen atoms in total. The van der Waals surface area contributed by atoms with Gasteiger partial charge in [-0.25, -0.2) is 0 Å². The fraction of sp³-hybridized carbons (Fsp3) is 0.833. The molecule has 0 radical (unpaired) electrons. The van der Waals surface area contributed by atoms with E-state index in [0.29, 0.717) is 32.5 Å². The van der Waals surface area contributed by atoms with E-state index in [1.807, 2.05) is 6.92 Å². The van der Waals surface area contributed by atoms with E-state index in [-0.39, 0.29) is 11.8 Å². The van der Waals surface area contributed by atoms with Crippen LogP contribution in [0.4, 0.5) is 0 Å². The lowest BCUT2D eigenvalue weighted by atomic mass is 9.78. The molecule has 1 unspecified atom stereocenters. The average Bonchev–Trinajstić information content (AvgIpc) is 2.28. The maximum atomic E-state index is 12.3. The van der Waals surface area contributed by atoms with Crippen molar-refractivity contribution in [2.75, 3.05) is 19.6 Å². The second-order valence-corrected chi connectivity index (χ2v) is 5.43. The highest BCUT2D eigenvalue weighted by Crippen LogP contribution is 2.34. The molecule has 2 aliphatic heterocycles. The summed E-state index contributed by atoms with van der Waals surface area (Å²) in [5.74, 6) is -0.325. The summed E-state index contributed by atoms with van der Waals surface area (Å²) < 4.78 is 0. The van der Waals surface area contributed by atoms with Crippen LogP contribution in [0.5, 0.6) is 0 Å². The van der Waals surface area contributed by atoms with Crippen LogP contribution < -0.4 is 5.32 Å². The van der Waals surface area contributed by atoms with Gasteiger partial charge in [-0.3, -0.25) is 9.59 Å². The molecule has 0 aliphatic carbocycles. The summed E-state index contributed by atoms with van der Waals surface area (Å²) in [6, 6.07) is 0. The molecular formula is C12H20N2O3. The molecule has 1 atom stereocenters. The van der Waals surface area contributed by atoms with Crippen molar-refractivity contribution in [3.8, 4) is 0 Å². The van der Waals surface area contributed by atoms with Crippen LogP contribution in [0.3, 0.4) is 0 Å². The maximum Gasteiger partial charge on any atom is 0.238 e. The number of nitrogens with one attached hydrogen (secondary N) is 1. The Morgan fingerprint density at radius 2 is 2.18 bits per heavy atom. The Kier molecular flexibility index (Phi) is 2.89. The fourth-order valence-electron chi connectivity index (χ4n) is 2.54. The summed E-state index contributed by atoms with van der Waals surface area (Å²) in [7, 11) is 0. The number of piperidine rings is 1. The second-order valence-electron chi connectivity index (χ2n) is 5.43. The van der Waals surface area contributed by atoms with E-state index in [2.05, 4.69) is 5.32 Å². The molecule has 0 aromatic heterocycles. The lowest BCUT2D eigenvalue weighted by Gasteiger charge is -2.49. The van der Waals surface area contributed by atoms with Crippen molar-refractivity contribution in [3.63, 3.8) is 0 Å². The largest absolute Gasteiger partial charge is 0.386 e. The molecule has 2 aliphatic rings. The molecule has 0 aromatic rings. The monoisotopic (exact) mass is 240 g/mol. The Bertz CT molecular complexity index is 350. The first kappa shape index (κ1) is 12.4. The number of hydrogen-bond acceptors (Lipinski definition) is 3. The normalized spacial score (nSPS) is 31.7. The lowest BCUT2D eigenvalue weighted by Crippen LogP contribution is -2.67. The van der Waals surface area contributed by atoms with Crippen molar-refractivity contribution in [1.82, 2.24) is 10.2 Å². The molecule has 5 heteroatoms. The zero-order chi connectivity index (χ0) is 12.7. The molecule has 2 N–H and O–H groups in total. The summed E-state index contributed by atoms with van der Waals surface area (Å²) in [5, 5.41) is 12.6. The topological polar surface area (TPSA) is 69.6 Å². The third-order valence-electron chi connectivity index (χ3n) is 4.03. The Labute approximate surface area is 101 Å². The number of aliphatic hydroxyl groups is 1. The first-order chi connectivity index (χ1) is 7.91. The number of carbonyl (C=O) groups is 2. The molecule has 2 heterocycles. The van der Waals surface area contributed by atoms with Crippen molar-refractivity contribution >= 4 is 11.8 Å². The van der Waals surface area contributed by atoms with E-state index in [1.165, 1.54) is 0 Å². The fourth-order valence-corrected chi connectivity index (χ4v) is 2.54. The minimum absolute atomic E-state index is 0.146. The predicted molar refractivity (Wildman–Crippen MR) is 62.2 cm³/mol. The third kappa shape index (κ3) is 1.92. The van der Waals surface area contributed by atoms with E-state index in [0.717, 1.165) is 6.42 Å². The van der Waals surface area contributed by atoms with Crippen LogP contribution in [-0.4, -0.2) is 47.1 Å². The predicted octanol–water partition coefficient (Wildman–Crippen LogP) is -0.114. The van der Waals surface area contributed by atoms with Crippen LogP contribution in [0.15, 0.2) is 0 Å². The van der Waals surface area contributed by atoms with Gasteiger partial charge in [-0.1, -0.05) is 6.92 Å². The van der Waals surface area contributed by atoms with Gasteiger partial charge in [0.2, 0.25) is 11.8 Å². The lowest BCUT2D eigenvalue weighted by molar-refractivity contribution is -0.170. The number of rotatable bonds is 2. The molecular weight excluding hydrogens is 220 g/mol. The molecule has 2 rings (SSSR count). The van der Waals surface area contributed by atoms with Gasteiger partial charge in [0, 0.05) is 6.54 Å². The number of nitrogens with zero attached hydrogens (tertiary/aromatic N) is 1. The Morgan fingerprint density at radius 3 is 2.71 bits per heavy atom. The van der Waals surface area contributed by atoms with Gasteiger partial charge < -0.3 is 15.3 Å². The van der Waals surface area contributed by atoms with Gasteiger partial charge in [0.1, 0.15) is 5.41 Å². The van der Waals surface area contributed by atoms with Gasteiger partial charge in [-0.2, -0.15) is 0 Å². The van der Waals surface area contributed by atoms with Crippen molar-refractivity contribution in [2.45, 2.75) is 38.7 Å². The molecule has 0 saturated carbocycles. The van der Waals surface area contributed by atoms with Crippen LogP contribution in [0, 0.1) is 5.41 Å². The average molecular weight is 240 g/mol. The van der Waals surface area contributed by atoms with E-state index in [9.17, 15) is 14.7 Å². The first-order valence-corrected chi connectivity index (χ1v) is 6.21. The van der Waals surface area contributed by atoms with Crippen molar-refractivity contribution in [3.05, 3.63) is 0 Å². The Hall–Kier alpha value is -1.10. The van der Waals surface area contributed by atoms with Crippen LogP contribution in [0.25, 0.3) is 0 Å². The first-order valence-electron chi connectivity index (χ1n) is 6.21. The molecule has 0 spiro atoms. The zero-order valence-corrected chi connectivity index (χ0v) is 10.5. The number of likely N-dealkylation sites (tertiary alicyclic amines) is 1. The Balaban J connectivity index is 2.03. The van der Waals surface area contributed by atoms with Crippen molar-refractivity contribution < 1.29 is 14.7 Å². The third-order valence-corrected chi connectivity index (χ3v) is 4.03. The van der Waals surface area contributed by atoms with Gasteiger partial charge >= 0.3 is 0 Å². The van der Waals surface area contributed by atoms with Gasteiger partial charge in [-0.05, 0) is 26.2 Å². The van der Waals surface area contributed by atoms with Crippen molar-refractivity contribution in [2.24, 2.45) is 5.41 Å².